The molecule has 0 spiro atoms. The minimum atomic E-state index is -0.910. The third-order valence-corrected chi connectivity index (χ3v) is 4.53. The molecule has 150 valence electrons. The second-order valence-corrected chi connectivity index (χ2v) is 7.11. The van der Waals surface area contributed by atoms with Crippen molar-refractivity contribution in [1.82, 2.24) is 20.1 Å². The second-order valence-electron chi connectivity index (χ2n) is 7.11. The third kappa shape index (κ3) is 5.25. The quantitative estimate of drug-likeness (QED) is 0.644. The zero-order valence-electron chi connectivity index (χ0n) is 16.2. The third-order valence-electron chi connectivity index (χ3n) is 4.53. The highest BCUT2D eigenvalue weighted by Gasteiger charge is 2.30. The number of anilines is 1. The van der Waals surface area contributed by atoms with Crippen molar-refractivity contribution < 1.29 is 14.0 Å². The number of hydrogen-bond donors (Lipinski definition) is 2. The van der Waals surface area contributed by atoms with Crippen molar-refractivity contribution in [2.24, 2.45) is 0 Å². The Bertz CT molecular complexity index is 984. The van der Waals surface area contributed by atoms with Gasteiger partial charge in [0.05, 0.1) is 5.41 Å². The maximum atomic E-state index is 13.1. The largest absolute Gasteiger partial charge is 0.350 e. The number of benzene rings is 2. The number of amides is 2. The van der Waals surface area contributed by atoms with Crippen molar-refractivity contribution >= 4 is 17.8 Å². The van der Waals surface area contributed by atoms with Gasteiger partial charge in [0.2, 0.25) is 17.8 Å². The summed E-state index contributed by atoms with van der Waals surface area (Å²) in [5.41, 5.74) is 0.748. The zero-order chi connectivity index (χ0) is 20.9. The predicted molar refractivity (Wildman–Crippen MR) is 106 cm³/mol. The van der Waals surface area contributed by atoms with Crippen LogP contribution in [0, 0.1) is 5.82 Å². The van der Waals surface area contributed by atoms with Crippen LogP contribution in [0.5, 0.6) is 0 Å². The molecule has 2 aromatic carbocycles. The first kappa shape index (κ1) is 20.2. The molecule has 0 unspecified atom stereocenters. The van der Waals surface area contributed by atoms with E-state index in [1.54, 1.807) is 26.0 Å². The molecule has 3 rings (SSSR count). The van der Waals surface area contributed by atoms with Crippen LogP contribution in [-0.4, -0.2) is 26.6 Å². The minimum Gasteiger partial charge on any atom is -0.350 e. The van der Waals surface area contributed by atoms with E-state index in [9.17, 15) is 14.0 Å². The summed E-state index contributed by atoms with van der Waals surface area (Å²) >= 11 is 0. The molecule has 29 heavy (non-hydrogen) atoms. The zero-order valence-corrected chi connectivity index (χ0v) is 16.2. The number of nitrogens with one attached hydrogen (secondary N) is 2. The van der Waals surface area contributed by atoms with E-state index in [0.717, 1.165) is 5.56 Å². The SMILES string of the molecule is CC(C)(C(=O)Nc1ncn(CC(=O)NCc2ccccc2)n1)c1ccc(F)cc1. The van der Waals surface area contributed by atoms with Crippen LogP contribution in [-0.2, 0) is 28.1 Å². The van der Waals surface area contributed by atoms with Gasteiger partial charge in [-0.05, 0) is 37.1 Å². The van der Waals surface area contributed by atoms with Gasteiger partial charge < -0.3 is 5.32 Å². The van der Waals surface area contributed by atoms with Crippen molar-refractivity contribution in [3.63, 3.8) is 0 Å². The van der Waals surface area contributed by atoms with E-state index in [2.05, 4.69) is 20.7 Å². The number of rotatable bonds is 7. The molecule has 2 amide bonds. The second kappa shape index (κ2) is 8.64. The number of hydrogen-bond acceptors (Lipinski definition) is 4. The summed E-state index contributed by atoms with van der Waals surface area (Å²) in [6.07, 6.45) is 1.38. The molecule has 0 atom stereocenters. The van der Waals surface area contributed by atoms with E-state index in [4.69, 9.17) is 0 Å². The fourth-order valence-electron chi connectivity index (χ4n) is 2.68. The molecule has 0 bridgehead atoms. The molecule has 8 heteroatoms. The van der Waals surface area contributed by atoms with Crippen LogP contribution < -0.4 is 10.6 Å². The fourth-order valence-corrected chi connectivity index (χ4v) is 2.68. The topological polar surface area (TPSA) is 88.9 Å². The first-order valence-corrected chi connectivity index (χ1v) is 9.12. The van der Waals surface area contributed by atoms with E-state index >= 15 is 0 Å². The van der Waals surface area contributed by atoms with Gasteiger partial charge in [0.1, 0.15) is 18.7 Å². The average molecular weight is 395 g/mol. The van der Waals surface area contributed by atoms with Crippen LogP contribution in [0.3, 0.4) is 0 Å². The Morgan fingerprint density at radius 2 is 1.76 bits per heavy atom. The average Bonchev–Trinajstić information content (AvgIpc) is 3.14. The normalized spacial score (nSPS) is 11.1. The standard InChI is InChI=1S/C21H22FN5O2/c1-21(2,16-8-10-17(22)11-9-16)19(29)25-20-24-14-27(26-20)13-18(28)23-12-15-6-4-3-5-7-15/h3-11,14H,12-13H2,1-2H3,(H,23,28)(H,25,26,29). The smallest absolute Gasteiger partial charge is 0.248 e. The molecule has 2 N–H and O–H groups in total. The number of nitrogens with zero attached hydrogens (tertiary/aromatic N) is 3. The first-order valence-electron chi connectivity index (χ1n) is 9.12. The van der Waals surface area contributed by atoms with Gasteiger partial charge in [-0.3, -0.25) is 14.9 Å². The molecule has 0 saturated heterocycles. The van der Waals surface area contributed by atoms with Crippen molar-refractivity contribution in [1.29, 1.82) is 0 Å². The van der Waals surface area contributed by atoms with Gasteiger partial charge in [-0.15, -0.1) is 5.10 Å². The highest BCUT2D eigenvalue weighted by atomic mass is 19.1. The van der Waals surface area contributed by atoms with Gasteiger partial charge in [-0.2, -0.15) is 0 Å². The van der Waals surface area contributed by atoms with Crippen molar-refractivity contribution in [3.8, 4) is 0 Å². The Kier molecular flexibility index (Phi) is 6.01. The van der Waals surface area contributed by atoms with Crippen molar-refractivity contribution in [2.45, 2.75) is 32.4 Å². The van der Waals surface area contributed by atoms with Gasteiger partial charge in [0.25, 0.3) is 0 Å². The Morgan fingerprint density at radius 1 is 1.07 bits per heavy atom. The van der Waals surface area contributed by atoms with E-state index < -0.39 is 5.41 Å². The first-order chi connectivity index (χ1) is 13.8. The predicted octanol–water partition coefficient (Wildman–Crippen LogP) is 2.65. The van der Waals surface area contributed by atoms with Gasteiger partial charge in [0, 0.05) is 6.54 Å². The van der Waals surface area contributed by atoms with E-state index in [1.165, 1.54) is 23.1 Å². The molecule has 1 aromatic heterocycles. The Balaban J connectivity index is 1.56. The highest BCUT2D eigenvalue weighted by molar-refractivity contribution is 5.97. The van der Waals surface area contributed by atoms with E-state index in [1.807, 2.05) is 30.3 Å². The van der Waals surface area contributed by atoms with Gasteiger partial charge >= 0.3 is 0 Å². The molecule has 0 aliphatic rings. The summed E-state index contributed by atoms with van der Waals surface area (Å²) < 4.78 is 14.5. The molecule has 0 aliphatic heterocycles. The van der Waals surface area contributed by atoms with Crippen LogP contribution in [0.25, 0.3) is 0 Å². The van der Waals surface area contributed by atoms with Crippen molar-refractivity contribution in [2.75, 3.05) is 5.32 Å². The lowest BCUT2D eigenvalue weighted by atomic mass is 9.84. The number of halogens is 1. The minimum absolute atomic E-state index is 0.0168. The number of carbonyl (C=O) groups excluding carboxylic acids is 2. The lowest BCUT2D eigenvalue weighted by molar-refractivity contribution is -0.122. The Labute approximate surface area is 168 Å². The maximum Gasteiger partial charge on any atom is 0.248 e. The summed E-state index contributed by atoms with van der Waals surface area (Å²) in [6, 6.07) is 15.3. The molecule has 0 aliphatic carbocycles. The van der Waals surface area contributed by atoms with Crippen molar-refractivity contribution in [3.05, 3.63) is 77.9 Å². The van der Waals surface area contributed by atoms with Gasteiger partial charge in [0.15, 0.2) is 0 Å². The van der Waals surface area contributed by atoms with Crippen LogP contribution in [0.2, 0.25) is 0 Å². The summed E-state index contributed by atoms with van der Waals surface area (Å²) in [5.74, 6) is -0.824. The van der Waals surface area contributed by atoms with Gasteiger partial charge in [-0.25, -0.2) is 14.1 Å². The summed E-state index contributed by atoms with van der Waals surface area (Å²) in [5, 5.41) is 9.56. The molecular formula is C21H22FN5O2. The summed E-state index contributed by atoms with van der Waals surface area (Å²) in [7, 11) is 0. The summed E-state index contributed by atoms with van der Waals surface area (Å²) in [4.78, 5) is 28.7. The van der Waals surface area contributed by atoms with E-state index in [-0.39, 0.29) is 30.1 Å². The van der Waals surface area contributed by atoms with Crippen LogP contribution in [0.4, 0.5) is 10.3 Å². The molecule has 7 nitrogen and oxygen atoms in total. The Hall–Kier alpha value is -3.55. The monoisotopic (exact) mass is 395 g/mol. The van der Waals surface area contributed by atoms with Gasteiger partial charge in [-0.1, -0.05) is 42.5 Å². The molecule has 3 aromatic rings. The summed E-state index contributed by atoms with van der Waals surface area (Å²) in [6.45, 7) is 3.86. The molecule has 0 radical (unpaired) electrons. The highest BCUT2D eigenvalue weighted by Crippen LogP contribution is 2.24. The van der Waals surface area contributed by atoms with E-state index in [0.29, 0.717) is 12.1 Å². The maximum absolute atomic E-state index is 13.1. The van der Waals surface area contributed by atoms with Crippen LogP contribution >= 0.6 is 0 Å². The van der Waals surface area contributed by atoms with Crippen LogP contribution in [0.1, 0.15) is 25.0 Å². The lowest BCUT2D eigenvalue weighted by Gasteiger charge is -2.23. The molecule has 1 heterocycles. The molecule has 0 fully saturated rings. The molecular weight excluding hydrogens is 373 g/mol. The lowest BCUT2D eigenvalue weighted by Crippen LogP contribution is -2.35. The van der Waals surface area contributed by atoms with Crippen LogP contribution in [0.15, 0.2) is 60.9 Å². The molecule has 0 saturated carbocycles. The Morgan fingerprint density at radius 3 is 2.45 bits per heavy atom. The number of carbonyl (C=O) groups is 2. The fraction of sp³-hybridized carbons (Fsp3) is 0.238. The number of aromatic nitrogens is 3.